The molecule has 4 rings (SSSR count). The molecule has 0 saturated carbocycles. The maximum absolute atomic E-state index is 3.54. The second kappa shape index (κ2) is 7.62. The molecule has 0 spiro atoms. The molecular weight excluding hydrogens is 519 g/mol. The summed E-state index contributed by atoms with van der Waals surface area (Å²) in [6.45, 7) is 0. The molecule has 114 valence electrons. The van der Waals surface area contributed by atoms with Crippen molar-refractivity contribution in [3.05, 3.63) is 84.9 Å². The molecule has 0 atom stereocenters. The molecule has 0 saturated heterocycles. The Balaban J connectivity index is 1.57. The van der Waals surface area contributed by atoms with Crippen LogP contribution in [0.1, 0.15) is 0 Å². The molecule has 0 heterocycles. The molecule has 2 heteroatoms. The van der Waals surface area contributed by atoms with Crippen molar-refractivity contribution >= 4 is 70.6 Å². The van der Waals surface area contributed by atoms with E-state index in [0.29, 0.717) is 0 Å². The summed E-state index contributed by atoms with van der Waals surface area (Å²) >= 11 is -0.885. The number of hydrogen-bond acceptors (Lipinski definition) is 0. The summed E-state index contributed by atoms with van der Waals surface area (Å²) in [5.41, 5.74) is 0. The van der Waals surface area contributed by atoms with E-state index in [2.05, 4.69) is 92.9 Å². The molecule has 0 bridgehead atoms. The van der Waals surface area contributed by atoms with Gasteiger partial charge in [-0.2, -0.15) is 0 Å². The number of benzene rings is 4. The molecule has 4 aromatic carbocycles. The van der Waals surface area contributed by atoms with Gasteiger partial charge in [0.1, 0.15) is 0 Å². The molecule has 0 aliphatic carbocycles. The fraction of sp³-hybridized carbons (Fsp3) is 0. The third-order valence-electron chi connectivity index (χ3n) is 3.86. The minimum atomic E-state index is -0.442. The predicted octanol–water partition coefficient (Wildman–Crippen LogP) is 3.27. The Labute approximate surface area is 162 Å². The average Bonchev–Trinajstić information content (AvgIpc) is 2.65. The van der Waals surface area contributed by atoms with Gasteiger partial charge in [0, 0.05) is 0 Å². The van der Waals surface area contributed by atoms with Crippen LogP contribution in [-0.2, 0) is 0 Å². The molecule has 0 N–H and O–H groups in total. The van der Waals surface area contributed by atoms with Gasteiger partial charge in [0.15, 0.2) is 0 Å². The first kappa shape index (κ1) is 16.0. The van der Waals surface area contributed by atoms with Gasteiger partial charge < -0.3 is 0 Å². The zero-order chi connectivity index (χ0) is 16.2. The van der Waals surface area contributed by atoms with Crippen LogP contribution in [0.4, 0.5) is 0 Å². The summed E-state index contributed by atoms with van der Waals surface area (Å²) < 4.78 is 10.00. The molecule has 0 unspecified atom stereocenters. The van der Waals surface area contributed by atoms with E-state index in [1.807, 2.05) is 0 Å². The molecule has 0 nitrogen and oxygen atoms in total. The summed E-state index contributed by atoms with van der Waals surface area (Å²) in [7, 11) is 0. The molecule has 24 heavy (non-hydrogen) atoms. The van der Waals surface area contributed by atoms with Crippen LogP contribution < -0.4 is 7.22 Å². The number of hydrogen-bond donors (Lipinski definition) is 0. The van der Waals surface area contributed by atoms with Crippen LogP contribution in [-0.4, -0.2) is 41.8 Å². The zero-order valence-corrected chi connectivity index (χ0v) is 17.6. The van der Waals surface area contributed by atoms with Crippen molar-refractivity contribution in [2.45, 2.75) is 0 Å². The van der Waals surface area contributed by atoms with Gasteiger partial charge in [-0.05, 0) is 0 Å². The van der Waals surface area contributed by atoms with Crippen LogP contribution in [0.5, 0.6) is 0 Å². The first-order valence-corrected chi connectivity index (χ1v) is 12.4. The van der Waals surface area contributed by atoms with E-state index in [1.165, 1.54) is 28.8 Å². The van der Waals surface area contributed by atoms with E-state index in [4.69, 9.17) is 0 Å². The summed E-state index contributed by atoms with van der Waals surface area (Å²) in [5.74, 6) is 0. The van der Waals surface area contributed by atoms with Gasteiger partial charge in [-0.3, -0.25) is 0 Å². The van der Waals surface area contributed by atoms with Gasteiger partial charge in [-0.25, -0.2) is 0 Å². The van der Waals surface area contributed by atoms with Gasteiger partial charge in [0.25, 0.3) is 0 Å². The SMILES string of the molecule is C(#C[Te]c1cccc2ccccc12)[Te]c1cccc2ccccc12. The summed E-state index contributed by atoms with van der Waals surface area (Å²) in [4.78, 5) is 0. The number of fused-ring (bicyclic) bond motifs is 2. The van der Waals surface area contributed by atoms with Crippen molar-refractivity contribution in [2.24, 2.45) is 0 Å². The molecule has 0 radical (unpaired) electrons. The van der Waals surface area contributed by atoms with E-state index in [1.54, 1.807) is 0 Å². The summed E-state index contributed by atoms with van der Waals surface area (Å²) in [5, 5.41) is 5.41. The van der Waals surface area contributed by atoms with Crippen molar-refractivity contribution < 1.29 is 0 Å². The van der Waals surface area contributed by atoms with E-state index in [9.17, 15) is 0 Å². The average molecular weight is 534 g/mol. The van der Waals surface area contributed by atoms with Crippen LogP contribution in [0, 0.1) is 7.94 Å². The molecule has 0 fully saturated rings. The third-order valence-corrected chi connectivity index (χ3v) is 9.57. The Morgan fingerprint density at radius 1 is 0.458 bits per heavy atom. The second-order valence-corrected chi connectivity index (χ2v) is 10.2. The van der Waals surface area contributed by atoms with Crippen LogP contribution in [0.25, 0.3) is 21.5 Å². The quantitative estimate of drug-likeness (QED) is 0.274. The Morgan fingerprint density at radius 3 is 1.38 bits per heavy atom. The van der Waals surface area contributed by atoms with Crippen LogP contribution in [0.2, 0.25) is 0 Å². The van der Waals surface area contributed by atoms with E-state index >= 15 is 0 Å². The second-order valence-electron chi connectivity index (χ2n) is 5.36. The third kappa shape index (κ3) is 3.47. The maximum atomic E-state index is 3.54. The van der Waals surface area contributed by atoms with E-state index in [-0.39, 0.29) is 0 Å². The Hall–Kier alpha value is -1.46. The van der Waals surface area contributed by atoms with Gasteiger partial charge in [0.05, 0.1) is 0 Å². The van der Waals surface area contributed by atoms with Crippen molar-refractivity contribution in [2.75, 3.05) is 0 Å². The minimum absolute atomic E-state index is 0.442. The fourth-order valence-electron chi connectivity index (χ4n) is 2.72. The summed E-state index contributed by atoms with van der Waals surface area (Å²) in [6, 6.07) is 30.4. The van der Waals surface area contributed by atoms with Crippen molar-refractivity contribution in [1.82, 2.24) is 0 Å². The molecular formula is C22H14Te2. The zero-order valence-electron chi connectivity index (χ0n) is 12.9. The van der Waals surface area contributed by atoms with Gasteiger partial charge in [0.2, 0.25) is 0 Å². The standard InChI is InChI=1S/C22H14Te2/c1-3-11-19-17(7-1)9-5-13-21(19)23-15-16-24-22-14-6-10-18-8-2-4-12-20(18)22/h1-14H. The summed E-state index contributed by atoms with van der Waals surface area (Å²) in [6.07, 6.45) is 0. The normalized spacial score (nSPS) is 10.5. The van der Waals surface area contributed by atoms with E-state index < -0.39 is 41.8 Å². The van der Waals surface area contributed by atoms with Crippen molar-refractivity contribution in [1.29, 1.82) is 0 Å². The van der Waals surface area contributed by atoms with Gasteiger partial charge >= 0.3 is 163 Å². The Morgan fingerprint density at radius 2 is 0.875 bits per heavy atom. The molecule has 0 aliphatic rings. The van der Waals surface area contributed by atoms with Crippen LogP contribution in [0.3, 0.4) is 0 Å². The fourth-order valence-corrected chi connectivity index (χ4v) is 7.71. The monoisotopic (exact) mass is 538 g/mol. The topological polar surface area (TPSA) is 0 Å². The van der Waals surface area contributed by atoms with Crippen molar-refractivity contribution in [3.63, 3.8) is 0 Å². The number of rotatable bonds is 2. The first-order valence-electron chi connectivity index (χ1n) is 7.71. The molecule has 0 aliphatic heterocycles. The van der Waals surface area contributed by atoms with E-state index in [0.717, 1.165) is 0 Å². The van der Waals surface area contributed by atoms with Crippen molar-refractivity contribution in [3.8, 4) is 7.94 Å². The Kier molecular flexibility index (Phi) is 5.09. The Bertz CT molecular complexity index is 975. The van der Waals surface area contributed by atoms with Gasteiger partial charge in [-0.1, -0.05) is 0 Å². The van der Waals surface area contributed by atoms with Crippen LogP contribution >= 0.6 is 0 Å². The predicted molar refractivity (Wildman–Crippen MR) is 106 cm³/mol. The van der Waals surface area contributed by atoms with Gasteiger partial charge in [-0.15, -0.1) is 0 Å². The molecule has 4 aromatic rings. The van der Waals surface area contributed by atoms with Crippen LogP contribution in [0.15, 0.2) is 84.9 Å². The molecule has 0 aromatic heterocycles. The first-order chi connectivity index (χ1) is 11.9. The molecule has 0 amide bonds.